The fraction of sp³-hybridized carbons (Fsp3) is 0.400. The van der Waals surface area contributed by atoms with Gasteiger partial charge < -0.3 is 15.2 Å². The van der Waals surface area contributed by atoms with Gasteiger partial charge in [-0.15, -0.1) is 5.10 Å². The van der Waals surface area contributed by atoms with Crippen molar-refractivity contribution in [1.82, 2.24) is 24.9 Å². The number of benzene rings is 1. The highest BCUT2D eigenvalue weighted by molar-refractivity contribution is 6.43. The number of nitrogens with one attached hydrogen (secondary N) is 2. The summed E-state index contributed by atoms with van der Waals surface area (Å²) >= 11 is 0. The first-order valence-electron chi connectivity index (χ1n) is 11.8. The van der Waals surface area contributed by atoms with Gasteiger partial charge >= 0.3 is 0 Å². The van der Waals surface area contributed by atoms with E-state index in [-0.39, 0.29) is 22.6 Å². The maximum absolute atomic E-state index is 14.0. The molecule has 1 aliphatic carbocycles. The number of aryl methyl sites for hydroxylation is 2. The summed E-state index contributed by atoms with van der Waals surface area (Å²) in [4.78, 5) is 39.7. The molecule has 2 amide bonds. The highest BCUT2D eigenvalue weighted by atomic mass is 19.3. The lowest BCUT2D eigenvalue weighted by Crippen LogP contribution is -2.61. The Kier molecular flexibility index (Phi) is 5.72. The number of carbonyl (C=O) groups excluding carboxylic acids is 3. The standard InChI is InChI=1S/C25H25F3N6O3/c1-13-6-7-15(9-16(13)26)29-22(36)19-14(2)20(34-8-4-5-17(19)34)21(35)23(37)30-24(11-25(27,28)12-24)18-10-33(3)32-31-18/h6-7,9-10H,4-5,8,11-12H2,1-3H3,(H,29,36)(H,30,37). The number of halogens is 3. The van der Waals surface area contributed by atoms with Gasteiger partial charge in [0, 0.05) is 37.8 Å². The second-order valence-corrected chi connectivity index (χ2v) is 9.82. The van der Waals surface area contributed by atoms with Gasteiger partial charge in [0.15, 0.2) is 0 Å². The maximum Gasteiger partial charge on any atom is 0.294 e. The molecule has 1 fully saturated rings. The van der Waals surface area contributed by atoms with Crippen LogP contribution in [-0.4, -0.2) is 43.1 Å². The van der Waals surface area contributed by atoms with Crippen LogP contribution in [0.4, 0.5) is 18.9 Å². The molecule has 3 heterocycles. The molecule has 2 aromatic heterocycles. The Hall–Kier alpha value is -3.96. The number of anilines is 1. The molecule has 1 saturated carbocycles. The van der Waals surface area contributed by atoms with Gasteiger partial charge in [0.05, 0.1) is 23.0 Å². The monoisotopic (exact) mass is 514 g/mol. The van der Waals surface area contributed by atoms with Gasteiger partial charge in [-0.1, -0.05) is 11.3 Å². The zero-order valence-corrected chi connectivity index (χ0v) is 20.5. The first kappa shape index (κ1) is 24.7. The minimum Gasteiger partial charge on any atom is -0.341 e. The van der Waals surface area contributed by atoms with Crippen molar-refractivity contribution >= 4 is 23.3 Å². The highest BCUT2D eigenvalue weighted by Gasteiger charge is 2.60. The summed E-state index contributed by atoms with van der Waals surface area (Å²) in [6.45, 7) is 3.59. The first-order valence-corrected chi connectivity index (χ1v) is 11.8. The Labute approximate surface area is 210 Å². The van der Waals surface area contributed by atoms with Crippen molar-refractivity contribution in [1.29, 1.82) is 0 Å². The smallest absolute Gasteiger partial charge is 0.294 e. The van der Waals surface area contributed by atoms with E-state index in [4.69, 9.17) is 0 Å². The van der Waals surface area contributed by atoms with Crippen molar-refractivity contribution in [3.8, 4) is 0 Å². The largest absolute Gasteiger partial charge is 0.341 e. The number of aromatic nitrogens is 4. The van der Waals surface area contributed by atoms with Crippen LogP contribution in [0.25, 0.3) is 0 Å². The van der Waals surface area contributed by atoms with E-state index in [1.54, 1.807) is 31.5 Å². The number of ketones is 1. The van der Waals surface area contributed by atoms with Gasteiger partial charge in [0.25, 0.3) is 23.5 Å². The lowest BCUT2D eigenvalue weighted by Gasteiger charge is -2.46. The second kappa shape index (κ2) is 8.56. The van der Waals surface area contributed by atoms with Gasteiger partial charge in [-0.3, -0.25) is 19.1 Å². The molecule has 0 unspecified atom stereocenters. The van der Waals surface area contributed by atoms with Crippen molar-refractivity contribution in [3.05, 3.63) is 64.0 Å². The first-order chi connectivity index (χ1) is 17.4. The number of Topliss-reactive ketones (excluding diaryl/α,β-unsaturated/α-hetero) is 1. The van der Waals surface area contributed by atoms with Crippen LogP contribution in [0, 0.1) is 19.7 Å². The van der Waals surface area contributed by atoms with Gasteiger partial charge in [0.2, 0.25) is 0 Å². The molecule has 0 radical (unpaired) electrons. The van der Waals surface area contributed by atoms with Crippen molar-refractivity contribution in [2.75, 3.05) is 5.32 Å². The number of nitrogens with zero attached hydrogens (tertiary/aromatic N) is 4. The van der Waals surface area contributed by atoms with Gasteiger partial charge in [-0.2, -0.15) is 0 Å². The van der Waals surface area contributed by atoms with E-state index >= 15 is 0 Å². The molecule has 9 nitrogen and oxygen atoms in total. The van der Waals surface area contributed by atoms with E-state index in [2.05, 4.69) is 20.9 Å². The van der Waals surface area contributed by atoms with Crippen molar-refractivity contribution in [2.45, 2.75) is 57.5 Å². The van der Waals surface area contributed by atoms with Gasteiger partial charge in [0.1, 0.15) is 11.5 Å². The third kappa shape index (κ3) is 4.19. The summed E-state index contributed by atoms with van der Waals surface area (Å²) in [5, 5.41) is 12.8. The summed E-state index contributed by atoms with van der Waals surface area (Å²) in [6.07, 6.45) is 1.19. The molecule has 3 aromatic rings. The zero-order chi connectivity index (χ0) is 26.7. The number of fused-ring (bicyclic) bond motifs is 1. The molecule has 0 atom stereocenters. The Morgan fingerprint density at radius 3 is 2.49 bits per heavy atom. The molecule has 2 N–H and O–H groups in total. The highest BCUT2D eigenvalue weighted by Crippen LogP contribution is 2.51. The number of carbonyl (C=O) groups is 3. The fourth-order valence-corrected chi connectivity index (χ4v) is 5.29. The Morgan fingerprint density at radius 2 is 1.86 bits per heavy atom. The summed E-state index contributed by atoms with van der Waals surface area (Å²) in [5.74, 6) is -6.01. The predicted molar refractivity (Wildman–Crippen MR) is 126 cm³/mol. The molecule has 5 rings (SSSR count). The third-order valence-corrected chi connectivity index (χ3v) is 7.05. The van der Waals surface area contributed by atoms with Crippen LogP contribution in [0.3, 0.4) is 0 Å². The lowest BCUT2D eigenvalue weighted by atomic mass is 9.71. The van der Waals surface area contributed by atoms with Crippen LogP contribution in [0.2, 0.25) is 0 Å². The Balaban J connectivity index is 1.43. The van der Waals surface area contributed by atoms with Gasteiger partial charge in [-0.05, 0) is 49.9 Å². The molecule has 0 bridgehead atoms. The zero-order valence-electron chi connectivity index (χ0n) is 20.5. The molecule has 12 heteroatoms. The van der Waals surface area contributed by atoms with Crippen LogP contribution < -0.4 is 10.6 Å². The molecular weight excluding hydrogens is 489 g/mol. The SMILES string of the molecule is Cc1ccc(NC(=O)c2c(C)c(C(=O)C(=O)NC3(c4cn(C)nn4)CC(F)(F)C3)n3c2CCC3)cc1F. The van der Waals surface area contributed by atoms with E-state index < -0.39 is 47.7 Å². The van der Waals surface area contributed by atoms with E-state index in [1.165, 1.54) is 23.0 Å². The van der Waals surface area contributed by atoms with E-state index in [0.717, 1.165) is 0 Å². The number of amides is 2. The number of alkyl halides is 2. The molecule has 194 valence electrons. The summed E-state index contributed by atoms with van der Waals surface area (Å²) in [5.41, 5.74) is 0.483. The topological polar surface area (TPSA) is 111 Å². The Morgan fingerprint density at radius 1 is 1.14 bits per heavy atom. The normalized spacial score (nSPS) is 17.1. The van der Waals surface area contributed by atoms with Crippen molar-refractivity contribution in [3.63, 3.8) is 0 Å². The summed E-state index contributed by atoms with van der Waals surface area (Å²) in [6, 6.07) is 4.32. The lowest BCUT2D eigenvalue weighted by molar-refractivity contribution is -0.148. The number of hydrogen-bond acceptors (Lipinski definition) is 5. The van der Waals surface area contributed by atoms with Crippen LogP contribution >= 0.6 is 0 Å². The third-order valence-electron chi connectivity index (χ3n) is 7.05. The van der Waals surface area contributed by atoms with Crippen molar-refractivity contribution in [2.24, 2.45) is 7.05 Å². The van der Waals surface area contributed by atoms with Gasteiger partial charge in [-0.25, -0.2) is 13.2 Å². The number of rotatable bonds is 6. The molecule has 0 spiro atoms. The Bertz CT molecular complexity index is 1450. The summed E-state index contributed by atoms with van der Waals surface area (Å²) in [7, 11) is 1.57. The molecular formula is C25H25F3N6O3. The minimum atomic E-state index is -3.01. The molecule has 0 saturated heterocycles. The second-order valence-electron chi connectivity index (χ2n) is 9.82. The molecule has 1 aliphatic heterocycles. The van der Waals surface area contributed by atoms with Crippen LogP contribution in [-0.2, 0) is 30.3 Å². The van der Waals surface area contributed by atoms with E-state index in [0.29, 0.717) is 36.2 Å². The van der Waals surface area contributed by atoms with E-state index in [1.807, 2.05) is 0 Å². The van der Waals surface area contributed by atoms with Crippen LogP contribution in [0.1, 0.15) is 62.6 Å². The summed E-state index contributed by atoms with van der Waals surface area (Å²) < 4.78 is 44.7. The quantitative estimate of drug-likeness (QED) is 0.388. The average molecular weight is 515 g/mol. The predicted octanol–water partition coefficient (Wildman–Crippen LogP) is 3.19. The molecule has 1 aromatic carbocycles. The van der Waals surface area contributed by atoms with E-state index in [9.17, 15) is 27.6 Å². The van der Waals surface area contributed by atoms with Crippen LogP contribution in [0.15, 0.2) is 24.4 Å². The average Bonchev–Trinajstić information content (AvgIpc) is 3.50. The molecule has 37 heavy (non-hydrogen) atoms. The van der Waals surface area contributed by atoms with Crippen LogP contribution in [0.5, 0.6) is 0 Å². The number of hydrogen-bond donors (Lipinski definition) is 2. The van der Waals surface area contributed by atoms with Crippen molar-refractivity contribution < 1.29 is 27.6 Å². The fourth-order valence-electron chi connectivity index (χ4n) is 5.29. The maximum atomic E-state index is 14.0. The minimum absolute atomic E-state index is 0.0330. The molecule has 2 aliphatic rings.